The van der Waals surface area contributed by atoms with Crippen LogP contribution in [0.1, 0.15) is 57.8 Å². The van der Waals surface area contributed by atoms with E-state index in [1.807, 2.05) is 24.3 Å². The number of alkyl carbamates (subject to hydrolysis) is 1. The van der Waals surface area contributed by atoms with E-state index in [-0.39, 0.29) is 29.4 Å². The number of nitrogens with two attached hydrogens (primary N) is 1. The number of amides is 3. The molecule has 0 aliphatic heterocycles. The van der Waals surface area contributed by atoms with Crippen molar-refractivity contribution in [2.24, 2.45) is 17.6 Å². The summed E-state index contributed by atoms with van der Waals surface area (Å²) >= 11 is 3.41. The number of nitrogens with one attached hydrogen (secondary N) is 2. The Balaban J connectivity index is 1.50. The number of imide groups is 1. The second-order valence-corrected chi connectivity index (χ2v) is 13.0. The van der Waals surface area contributed by atoms with E-state index in [0.717, 1.165) is 14.9 Å². The van der Waals surface area contributed by atoms with Gasteiger partial charge >= 0.3 is 12.3 Å². The first-order valence-electron chi connectivity index (χ1n) is 14.6. The largest absolute Gasteiger partial charge is 0.451 e. The van der Waals surface area contributed by atoms with Crippen LogP contribution < -0.4 is 16.0 Å². The van der Waals surface area contributed by atoms with Crippen LogP contribution in [0, 0.1) is 11.8 Å². The number of alkyl halides is 3. The number of H-pyrrole nitrogens is 1. The van der Waals surface area contributed by atoms with Crippen molar-refractivity contribution in [3.05, 3.63) is 64.4 Å². The summed E-state index contributed by atoms with van der Waals surface area (Å²) in [5, 5.41) is 9.51. The number of hydrogen-bond acceptors (Lipinski definition) is 7. The van der Waals surface area contributed by atoms with Crippen molar-refractivity contribution in [3.8, 4) is 11.4 Å². The Hall–Kier alpha value is -3.78. The second kappa shape index (κ2) is 14.1. The second-order valence-electron chi connectivity index (χ2n) is 12.1. The van der Waals surface area contributed by atoms with Crippen LogP contribution in [0.2, 0.25) is 0 Å². The Kier molecular flexibility index (Phi) is 10.7. The first-order valence-corrected chi connectivity index (χ1v) is 15.3. The number of anilines is 1. The van der Waals surface area contributed by atoms with Crippen molar-refractivity contribution in [3.63, 3.8) is 0 Å². The smallest absolute Gasteiger partial charge is 0.444 e. The predicted molar refractivity (Wildman–Crippen MR) is 165 cm³/mol. The molecule has 1 atom stereocenters. The third-order valence-electron chi connectivity index (χ3n) is 7.39. The zero-order valence-corrected chi connectivity index (χ0v) is 26.7. The number of benzene rings is 2. The van der Waals surface area contributed by atoms with Gasteiger partial charge in [-0.3, -0.25) is 9.59 Å². The van der Waals surface area contributed by atoms with E-state index in [4.69, 9.17) is 10.5 Å². The molecule has 3 amide bonds. The topological polar surface area (TPSA) is 143 Å². The van der Waals surface area contributed by atoms with Gasteiger partial charge in [-0.2, -0.15) is 13.2 Å². The van der Waals surface area contributed by atoms with Gasteiger partial charge in [0.2, 0.25) is 11.7 Å². The van der Waals surface area contributed by atoms with Crippen LogP contribution in [-0.2, 0) is 26.9 Å². The molecule has 1 fully saturated rings. The maximum Gasteiger partial charge on any atom is 0.451 e. The molecular formula is C31H36BrF3N6O4. The molecule has 1 aliphatic carbocycles. The van der Waals surface area contributed by atoms with E-state index < -0.39 is 47.5 Å². The number of aromatic nitrogens is 3. The maximum atomic E-state index is 13.9. The lowest BCUT2D eigenvalue weighted by molar-refractivity contribution is -0.144. The Morgan fingerprint density at radius 3 is 2.31 bits per heavy atom. The highest BCUT2D eigenvalue weighted by atomic mass is 79.9. The molecule has 3 aromatic rings. The standard InChI is InChI=1S/C31H36BrF3N6O4/c1-30(2,3)45-29(44)37-17-18-7-9-21(10-8-18)26(42)41(27(43)24(36)16-19-5-4-6-22(32)15-19)23-13-11-20(12-14-23)25-38-28(40-39-25)31(33,34)35/h4-6,11-15,18,21,24H,7-10,16-17,36H2,1-3H3,(H,37,44)(H,38,39,40)/t18-,21-,24-/m0/s1. The van der Waals surface area contributed by atoms with E-state index in [1.165, 1.54) is 24.3 Å². The van der Waals surface area contributed by atoms with E-state index in [2.05, 4.69) is 36.4 Å². The number of ether oxygens (including phenoxy) is 1. The summed E-state index contributed by atoms with van der Waals surface area (Å²) in [6.07, 6.45) is -2.69. The zero-order chi connectivity index (χ0) is 32.9. The van der Waals surface area contributed by atoms with Gasteiger partial charge in [0.15, 0.2) is 5.82 Å². The highest BCUT2D eigenvalue weighted by Gasteiger charge is 2.37. The summed E-state index contributed by atoms with van der Waals surface area (Å²) in [6, 6.07) is 12.2. The van der Waals surface area contributed by atoms with Crippen LogP contribution in [0.3, 0.4) is 0 Å². The van der Waals surface area contributed by atoms with Gasteiger partial charge < -0.3 is 20.8 Å². The lowest BCUT2D eigenvalue weighted by atomic mass is 9.81. The summed E-state index contributed by atoms with van der Waals surface area (Å²) in [6.45, 7) is 5.76. The predicted octanol–water partition coefficient (Wildman–Crippen LogP) is 6.01. The summed E-state index contributed by atoms with van der Waals surface area (Å²) in [7, 11) is 0. The van der Waals surface area contributed by atoms with Gasteiger partial charge in [-0.25, -0.2) is 9.69 Å². The first kappa shape index (κ1) is 34.1. The van der Waals surface area contributed by atoms with Gasteiger partial charge in [-0.1, -0.05) is 28.1 Å². The van der Waals surface area contributed by atoms with Gasteiger partial charge in [0.1, 0.15) is 5.60 Å². The van der Waals surface area contributed by atoms with E-state index >= 15 is 0 Å². The van der Waals surface area contributed by atoms with Crippen LogP contribution in [0.25, 0.3) is 11.4 Å². The molecule has 0 saturated heterocycles. The molecule has 1 saturated carbocycles. The minimum Gasteiger partial charge on any atom is -0.444 e. The lowest BCUT2D eigenvalue weighted by Crippen LogP contribution is -2.50. The molecule has 0 spiro atoms. The summed E-state index contributed by atoms with van der Waals surface area (Å²) in [5.74, 6) is -2.66. The Labute approximate surface area is 267 Å². The van der Waals surface area contributed by atoms with Crippen LogP contribution in [-0.4, -0.2) is 51.3 Å². The normalized spacial score (nSPS) is 17.8. The monoisotopic (exact) mass is 692 g/mol. The molecule has 2 aromatic carbocycles. The number of halogens is 4. The number of rotatable bonds is 8. The number of carbonyl (C=O) groups is 3. The summed E-state index contributed by atoms with van der Waals surface area (Å²) < 4.78 is 45.1. The molecule has 1 aliphatic rings. The van der Waals surface area contributed by atoms with Gasteiger partial charge in [-0.05, 0) is 101 Å². The fourth-order valence-corrected chi connectivity index (χ4v) is 5.61. The van der Waals surface area contributed by atoms with E-state index in [0.29, 0.717) is 32.2 Å². The molecule has 4 rings (SSSR count). The summed E-state index contributed by atoms with van der Waals surface area (Å²) in [5.41, 5.74) is 7.08. The minimum atomic E-state index is -4.68. The molecule has 242 valence electrons. The zero-order valence-electron chi connectivity index (χ0n) is 25.2. The van der Waals surface area contributed by atoms with Crippen molar-refractivity contribution in [2.45, 2.75) is 70.7 Å². The van der Waals surface area contributed by atoms with Gasteiger partial charge in [0.25, 0.3) is 5.91 Å². The number of nitrogens with zero attached hydrogens (tertiary/aromatic N) is 3. The molecule has 1 aromatic heterocycles. The van der Waals surface area contributed by atoms with Crippen LogP contribution in [0.5, 0.6) is 0 Å². The fraction of sp³-hybridized carbons (Fsp3) is 0.452. The molecule has 1 heterocycles. The van der Waals surface area contributed by atoms with Gasteiger partial charge in [0, 0.05) is 22.5 Å². The molecule has 0 unspecified atom stereocenters. The average Bonchev–Trinajstić information content (AvgIpc) is 3.47. The third-order valence-corrected chi connectivity index (χ3v) is 7.88. The van der Waals surface area contributed by atoms with Crippen molar-refractivity contribution in [1.82, 2.24) is 20.5 Å². The fourth-order valence-electron chi connectivity index (χ4n) is 5.16. The molecule has 10 nitrogen and oxygen atoms in total. The highest BCUT2D eigenvalue weighted by molar-refractivity contribution is 9.10. The van der Waals surface area contributed by atoms with Crippen molar-refractivity contribution < 1.29 is 32.3 Å². The molecule has 0 radical (unpaired) electrons. The number of hydrogen-bond donors (Lipinski definition) is 3. The third kappa shape index (κ3) is 9.36. The Bertz CT molecular complexity index is 1500. The molecule has 0 bridgehead atoms. The molecule has 4 N–H and O–H groups in total. The molecular weight excluding hydrogens is 657 g/mol. The van der Waals surface area contributed by atoms with Crippen molar-refractivity contribution in [1.29, 1.82) is 0 Å². The van der Waals surface area contributed by atoms with Gasteiger partial charge in [-0.15, -0.1) is 10.2 Å². The summed E-state index contributed by atoms with van der Waals surface area (Å²) in [4.78, 5) is 43.0. The maximum absolute atomic E-state index is 13.9. The molecule has 45 heavy (non-hydrogen) atoms. The Morgan fingerprint density at radius 1 is 1.07 bits per heavy atom. The lowest BCUT2D eigenvalue weighted by Gasteiger charge is -2.32. The quantitative estimate of drug-likeness (QED) is 0.262. The van der Waals surface area contributed by atoms with E-state index in [9.17, 15) is 27.6 Å². The van der Waals surface area contributed by atoms with E-state index in [1.54, 1.807) is 20.8 Å². The van der Waals surface area contributed by atoms with Gasteiger partial charge in [0.05, 0.1) is 11.7 Å². The Morgan fingerprint density at radius 2 is 1.73 bits per heavy atom. The van der Waals surface area contributed by atoms with Crippen molar-refractivity contribution >= 4 is 39.5 Å². The number of aromatic amines is 1. The molecule has 14 heteroatoms. The minimum absolute atomic E-state index is 0.109. The average molecular weight is 694 g/mol. The van der Waals surface area contributed by atoms with Crippen LogP contribution in [0.15, 0.2) is 53.0 Å². The SMILES string of the molecule is CC(C)(C)OC(=O)NC[C@H]1CC[C@H](C(=O)N(C(=O)[C@@H](N)Cc2cccc(Br)c2)c2ccc(-c3nnc(C(F)(F)F)[nH]3)cc2)CC1. The van der Waals surface area contributed by atoms with Crippen molar-refractivity contribution in [2.75, 3.05) is 11.4 Å². The van der Waals surface area contributed by atoms with Crippen LogP contribution >= 0.6 is 15.9 Å². The first-order chi connectivity index (χ1) is 21.1. The number of carbonyl (C=O) groups excluding carboxylic acids is 3. The van der Waals surface area contributed by atoms with Crippen LogP contribution in [0.4, 0.5) is 23.7 Å². The highest BCUT2D eigenvalue weighted by Crippen LogP contribution is 2.33.